The van der Waals surface area contributed by atoms with E-state index in [0.29, 0.717) is 12.8 Å². The van der Waals surface area contributed by atoms with E-state index in [1.165, 1.54) is 180 Å². The first-order chi connectivity index (χ1) is 38.6. The van der Waals surface area contributed by atoms with Gasteiger partial charge in [-0.15, -0.1) is 0 Å². The third-order valence-electron chi connectivity index (χ3n) is 15.7. The highest BCUT2D eigenvalue weighted by molar-refractivity contribution is 5.76. The highest BCUT2D eigenvalue weighted by atomic mass is 16.7. The SMILES string of the molecule is CCCCCC/C=C\C/C=C\CCCCCCCCCC(=O)NC(COC1OC(CO)C(OC2OC(CO)C(O)C(O)C2O)C(O)C1O)C(O)/C=C/CC/C=C/CCCCCCCCCCCCCCCCCCCCCCC. The van der Waals surface area contributed by atoms with Crippen LogP contribution >= 0.6 is 0 Å². The predicted molar refractivity (Wildman–Crippen MR) is 318 cm³/mol. The van der Waals surface area contributed by atoms with Crippen LogP contribution < -0.4 is 5.32 Å². The molecule has 0 radical (unpaired) electrons. The van der Waals surface area contributed by atoms with E-state index in [9.17, 15) is 45.6 Å². The van der Waals surface area contributed by atoms with E-state index in [1.807, 2.05) is 6.08 Å². The minimum Gasteiger partial charge on any atom is -0.394 e. The number of rotatable bonds is 52. The summed E-state index contributed by atoms with van der Waals surface area (Å²) in [5.41, 5.74) is 0. The van der Waals surface area contributed by atoms with Gasteiger partial charge in [0.1, 0.15) is 48.8 Å². The summed E-state index contributed by atoms with van der Waals surface area (Å²) in [5.74, 6) is -0.256. The number of allylic oxidation sites excluding steroid dienone is 7. The zero-order valence-corrected chi connectivity index (χ0v) is 49.9. The molecule has 0 aromatic rings. The Hall–Kier alpha value is -2.05. The van der Waals surface area contributed by atoms with Gasteiger partial charge in [-0.25, -0.2) is 0 Å². The number of ether oxygens (including phenoxy) is 4. The Morgan fingerprint density at radius 1 is 0.456 bits per heavy atom. The monoisotopic (exact) mass is 1120 g/mol. The van der Waals surface area contributed by atoms with Crippen molar-refractivity contribution in [3.63, 3.8) is 0 Å². The fourth-order valence-electron chi connectivity index (χ4n) is 10.5. The average molecular weight is 1120 g/mol. The molecule has 0 aliphatic carbocycles. The lowest BCUT2D eigenvalue weighted by atomic mass is 9.97. The van der Waals surface area contributed by atoms with Crippen molar-refractivity contribution in [3.8, 4) is 0 Å². The standard InChI is InChI=1S/C65H119NO13/c1-3-5-7-9-11-13-15-17-19-21-23-24-25-26-27-28-29-30-31-32-34-36-38-40-42-44-46-48-54(69)53(66-57(70)49-47-45-43-41-39-37-35-33-22-20-18-16-14-12-10-8-6-4-2)52-76-64-62(75)60(73)63(56(51-68)78-64)79-65-61(74)59(72)58(71)55(50-67)77-65/h14,16,20,22,38,40,46,48,53-56,58-65,67-69,71-75H,3-13,15,17-19,21,23-37,39,41-45,47,49-52H2,1-2H3,(H,66,70)/b16-14-,22-20-,40-38+,48-46+. The summed E-state index contributed by atoms with van der Waals surface area (Å²) in [6, 6.07) is -0.937. The first kappa shape index (κ1) is 73.1. The number of aliphatic hydroxyl groups is 8. The summed E-state index contributed by atoms with van der Waals surface area (Å²) in [7, 11) is 0. The van der Waals surface area contributed by atoms with E-state index in [1.54, 1.807) is 6.08 Å². The lowest BCUT2D eigenvalue weighted by Crippen LogP contribution is -2.65. The lowest BCUT2D eigenvalue weighted by Gasteiger charge is -2.46. The molecular formula is C65H119NO13. The van der Waals surface area contributed by atoms with E-state index in [4.69, 9.17) is 18.9 Å². The Balaban J connectivity index is 1.74. The molecule has 0 bridgehead atoms. The first-order valence-electron chi connectivity index (χ1n) is 32.4. The molecule has 2 aliphatic rings. The van der Waals surface area contributed by atoms with Gasteiger partial charge in [0.2, 0.25) is 5.91 Å². The maximum Gasteiger partial charge on any atom is 0.220 e. The molecule has 0 spiro atoms. The normalized spacial score (nSPS) is 24.7. The minimum atomic E-state index is -1.79. The molecule has 14 heteroatoms. The summed E-state index contributed by atoms with van der Waals surface area (Å²) >= 11 is 0. The van der Waals surface area contributed by atoms with Crippen molar-refractivity contribution >= 4 is 5.91 Å². The van der Waals surface area contributed by atoms with Crippen molar-refractivity contribution in [2.45, 2.75) is 338 Å². The van der Waals surface area contributed by atoms with E-state index in [0.717, 1.165) is 51.4 Å². The second-order valence-electron chi connectivity index (χ2n) is 22.9. The summed E-state index contributed by atoms with van der Waals surface area (Å²) in [4.78, 5) is 13.3. The molecule has 9 N–H and O–H groups in total. The molecule has 0 saturated carbocycles. The molecule has 12 atom stereocenters. The Labute approximate surface area is 480 Å². The Morgan fingerprint density at radius 2 is 0.848 bits per heavy atom. The molecule has 0 aromatic heterocycles. The van der Waals surface area contributed by atoms with Gasteiger partial charge in [-0.3, -0.25) is 4.79 Å². The average Bonchev–Trinajstić information content (AvgIpc) is 3.46. The van der Waals surface area contributed by atoms with Crippen molar-refractivity contribution in [2.24, 2.45) is 0 Å². The van der Waals surface area contributed by atoms with Crippen molar-refractivity contribution in [3.05, 3.63) is 48.6 Å². The zero-order valence-electron chi connectivity index (χ0n) is 49.9. The Morgan fingerprint density at radius 3 is 1.33 bits per heavy atom. The second kappa shape index (κ2) is 50.5. The van der Waals surface area contributed by atoms with Gasteiger partial charge in [-0.2, -0.15) is 0 Å². The number of carbonyl (C=O) groups excluding carboxylic acids is 1. The van der Waals surface area contributed by atoms with E-state index in [-0.39, 0.29) is 18.9 Å². The molecule has 2 rings (SSSR count). The van der Waals surface area contributed by atoms with Crippen molar-refractivity contribution in [1.29, 1.82) is 0 Å². The highest BCUT2D eigenvalue weighted by Gasteiger charge is 2.51. The molecule has 2 saturated heterocycles. The zero-order chi connectivity index (χ0) is 57.4. The largest absolute Gasteiger partial charge is 0.394 e. The van der Waals surface area contributed by atoms with Crippen LogP contribution in [0.1, 0.15) is 264 Å². The summed E-state index contributed by atoms with van der Waals surface area (Å²) in [5, 5.41) is 87.2. The topological polar surface area (TPSA) is 228 Å². The molecule has 1 amide bonds. The Kier molecular flexibility index (Phi) is 46.7. The smallest absolute Gasteiger partial charge is 0.220 e. The van der Waals surface area contributed by atoms with Crippen LogP contribution in [0.5, 0.6) is 0 Å². The van der Waals surface area contributed by atoms with Crippen molar-refractivity contribution in [2.75, 3.05) is 19.8 Å². The maximum atomic E-state index is 13.3. The van der Waals surface area contributed by atoms with Gasteiger partial charge in [0, 0.05) is 6.42 Å². The van der Waals surface area contributed by atoms with Crippen LogP contribution in [-0.4, -0.2) is 140 Å². The third-order valence-corrected chi connectivity index (χ3v) is 15.7. The Bertz CT molecular complexity index is 1510. The number of hydrogen-bond donors (Lipinski definition) is 9. The highest BCUT2D eigenvalue weighted by Crippen LogP contribution is 2.30. The van der Waals surface area contributed by atoms with Gasteiger partial charge in [0.25, 0.3) is 0 Å². The second-order valence-corrected chi connectivity index (χ2v) is 22.9. The van der Waals surface area contributed by atoms with E-state index in [2.05, 4.69) is 55.6 Å². The first-order valence-corrected chi connectivity index (χ1v) is 32.4. The minimum absolute atomic E-state index is 0.256. The number of carbonyl (C=O) groups is 1. The molecule has 79 heavy (non-hydrogen) atoms. The fourth-order valence-corrected chi connectivity index (χ4v) is 10.5. The summed E-state index contributed by atoms with van der Waals surface area (Å²) < 4.78 is 22.8. The number of unbranched alkanes of at least 4 members (excludes halogenated alkanes) is 33. The van der Waals surface area contributed by atoms with Gasteiger partial charge in [-0.1, -0.05) is 242 Å². The molecule has 2 heterocycles. The third kappa shape index (κ3) is 35.6. The van der Waals surface area contributed by atoms with Gasteiger partial charge in [-0.05, 0) is 64.2 Å². The fraction of sp³-hybridized carbons (Fsp3) is 0.862. The summed E-state index contributed by atoms with van der Waals surface area (Å²) in [6.07, 6.45) is 47.3. The van der Waals surface area contributed by atoms with Crippen LogP contribution in [0.2, 0.25) is 0 Å². The van der Waals surface area contributed by atoms with Crippen LogP contribution in [0.3, 0.4) is 0 Å². The van der Waals surface area contributed by atoms with Crippen LogP contribution in [0.4, 0.5) is 0 Å². The molecule has 462 valence electrons. The van der Waals surface area contributed by atoms with Gasteiger partial charge in [0.05, 0.1) is 32.0 Å². The van der Waals surface area contributed by atoms with Gasteiger partial charge < -0.3 is 65.1 Å². The van der Waals surface area contributed by atoms with Crippen LogP contribution in [0.25, 0.3) is 0 Å². The van der Waals surface area contributed by atoms with Crippen molar-refractivity contribution < 1.29 is 64.6 Å². The molecule has 2 fully saturated rings. The molecular weight excluding hydrogens is 1000 g/mol. The molecule has 2 aliphatic heterocycles. The lowest BCUT2D eigenvalue weighted by molar-refractivity contribution is -0.359. The van der Waals surface area contributed by atoms with Crippen LogP contribution in [0, 0.1) is 0 Å². The molecule has 14 nitrogen and oxygen atoms in total. The number of aliphatic hydroxyl groups excluding tert-OH is 8. The van der Waals surface area contributed by atoms with Gasteiger partial charge >= 0.3 is 0 Å². The number of hydrogen-bond acceptors (Lipinski definition) is 13. The predicted octanol–water partition coefficient (Wildman–Crippen LogP) is 12.0. The maximum absolute atomic E-state index is 13.3. The van der Waals surface area contributed by atoms with Crippen LogP contribution in [-0.2, 0) is 23.7 Å². The van der Waals surface area contributed by atoms with E-state index >= 15 is 0 Å². The van der Waals surface area contributed by atoms with Crippen molar-refractivity contribution in [1.82, 2.24) is 5.32 Å². The number of nitrogens with one attached hydrogen (secondary N) is 1. The van der Waals surface area contributed by atoms with Crippen LogP contribution in [0.15, 0.2) is 48.6 Å². The molecule has 12 unspecified atom stereocenters. The van der Waals surface area contributed by atoms with E-state index < -0.39 is 86.8 Å². The quantitative estimate of drug-likeness (QED) is 0.0204. The summed E-state index contributed by atoms with van der Waals surface area (Å²) in [6.45, 7) is 2.78. The number of amides is 1. The molecule has 0 aromatic carbocycles. The van der Waals surface area contributed by atoms with Gasteiger partial charge in [0.15, 0.2) is 12.6 Å².